The van der Waals surface area contributed by atoms with Crippen molar-refractivity contribution in [3.8, 4) is 11.1 Å². The minimum atomic E-state index is -0.577. The van der Waals surface area contributed by atoms with Gasteiger partial charge in [-0.1, -0.05) is 28.9 Å². The molecule has 9 heteroatoms. The molecule has 1 aliphatic heterocycles. The van der Waals surface area contributed by atoms with Crippen molar-refractivity contribution in [3.05, 3.63) is 47.0 Å². The topological polar surface area (TPSA) is 83.5 Å². The van der Waals surface area contributed by atoms with Crippen LogP contribution in [-0.2, 0) is 14.4 Å². The molecule has 1 heterocycles. The molecule has 0 saturated heterocycles. The molecule has 2 aromatic carbocycles. The van der Waals surface area contributed by atoms with Crippen molar-refractivity contribution < 1.29 is 19.2 Å². The first kappa shape index (κ1) is 22.4. The van der Waals surface area contributed by atoms with Gasteiger partial charge in [-0.15, -0.1) is 0 Å². The summed E-state index contributed by atoms with van der Waals surface area (Å²) in [5.41, 5.74) is 3.02. The normalized spacial score (nSPS) is 15.2. The molecule has 164 valence electrons. The fraction of sp³-hybridized carbons (Fsp3) is 0.318. The van der Waals surface area contributed by atoms with Crippen molar-refractivity contribution in [1.82, 2.24) is 4.90 Å². The molecule has 1 aliphatic rings. The van der Waals surface area contributed by atoms with E-state index < -0.39 is 12.2 Å². The molecule has 0 aliphatic carbocycles. The molecule has 1 amide bonds. The van der Waals surface area contributed by atoms with Crippen LogP contribution in [0.25, 0.3) is 11.1 Å². The van der Waals surface area contributed by atoms with Crippen LogP contribution in [0.1, 0.15) is 23.7 Å². The number of esters is 1. The quantitative estimate of drug-likeness (QED) is 0.682. The van der Waals surface area contributed by atoms with E-state index in [1.807, 2.05) is 43.3 Å². The van der Waals surface area contributed by atoms with E-state index in [9.17, 15) is 9.59 Å². The molecule has 8 nitrogen and oxygen atoms in total. The number of anilines is 2. The van der Waals surface area contributed by atoms with Gasteiger partial charge in [-0.05, 0) is 36.8 Å². The van der Waals surface area contributed by atoms with Crippen LogP contribution in [0.5, 0.6) is 0 Å². The van der Waals surface area contributed by atoms with Gasteiger partial charge < -0.3 is 24.7 Å². The summed E-state index contributed by atoms with van der Waals surface area (Å²) < 4.78 is 4.91. The van der Waals surface area contributed by atoms with Crippen LogP contribution in [0, 0.1) is 0 Å². The van der Waals surface area contributed by atoms with Crippen LogP contribution in [0.4, 0.5) is 11.4 Å². The highest BCUT2D eigenvalue weighted by Gasteiger charge is 2.27. The van der Waals surface area contributed by atoms with E-state index in [0.29, 0.717) is 16.4 Å². The molecule has 1 unspecified atom stereocenters. The van der Waals surface area contributed by atoms with Crippen LogP contribution in [0.3, 0.4) is 0 Å². The largest absolute Gasteiger partial charge is 0.465 e. The van der Waals surface area contributed by atoms with Crippen LogP contribution in [0.2, 0.25) is 5.02 Å². The van der Waals surface area contributed by atoms with Gasteiger partial charge in [-0.2, -0.15) is 0 Å². The van der Waals surface area contributed by atoms with Crippen LogP contribution in [0.15, 0.2) is 41.6 Å². The Morgan fingerprint density at radius 2 is 1.94 bits per heavy atom. The maximum Gasteiger partial charge on any atom is 0.339 e. The smallest absolute Gasteiger partial charge is 0.339 e. The molecule has 0 radical (unpaired) electrons. The zero-order valence-electron chi connectivity index (χ0n) is 18.1. The predicted molar refractivity (Wildman–Crippen MR) is 122 cm³/mol. The Morgan fingerprint density at radius 1 is 1.26 bits per heavy atom. The molecule has 1 N–H and O–H groups in total. The van der Waals surface area contributed by atoms with E-state index in [1.165, 1.54) is 7.11 Å². The summed E-state index contributed by atoms with van der Waals surface area (Å²) in [6.45, 7) is 1.79. The van der Waals surface area contributed by atoms with Crippen molar-refractivity contribution >= 4 is 40.7 Å². The first-order chi connectivity index (χ1) is 14.7. The monoisotopic (exact) mass is 444 g/mol. The molecule has 2 aromatic rings. The lowest BCUT2D eigenvalue weighted by atomic mass is 10.0. The number of nitrogens with zero attached hydrogens (tertiary/aromatic N) is 3. The molecule has 0 spiro atoms. The predicted octanol–water partition coefficient (Wildman–Crippen LogP) is 3.81. The first-order valence-electron chi connectivity index (χ1n) is 9.64. The van der Waals surface area contributed by atoms with E-state index in [-0.39, 0.29) is 23.6 Å². The van der Waals surface area contributed by atoms with E-state index in [2.05, 4.69) is 10.5 Å². The standard InChI is InChI=1S/C22H25ClN4O4/c1-13-25-31-21(27(13)4)12-20(28)24-19-11-18(23)16(10-17(19)22(29)30-5)14-6-8-15(9-7-14)26(2)3/h6-11,21H,12H2,1-5H3,(H,24,28). The second-order valence-electron chi connectivity index (χ2n) is 7.37. The van der Waals surface area contributed by atoms with Crippen LogP contribution in [-0.4, -0.2) is 57.1 Å². The summed E-state index contributed by atoms with van der Waals surface area (Å²) in [5.74, 6) is -0.238. The fourth-order valence-electron chi connectivity index (χ4n) is 3.13. The Hall–Kier alpha value is -3.26. The lowest BCUT2D eigenvalue weighted by Crippen LogP contribution is -2.34. The number of rotatable bonds is 6. The molecular weight excluding hydrogens is 420 g/mol. The Labute approximate surface area is 186 Å². The summed E-state index contributed by atoms with van der Waals surface area (Å²) in [4.78, 5) is 34.0. The van der Waals surface area contributed by atoms with Crippen LogP contribution < -0.4 is 10.2 Å². The van der Waals surface area contributed by atoms with Crippen molar-refractivity contribution in [2.45, 2.75) is 19.6 Å². The number of amides is 1. The van der Waals surface area contributed by atoms with Crippen LogP contribution >= 0.6 is 11.6 Å². The number of carbonyl (C=O) groups excluding carboxylic acids is 2. The van der Waals surface area contributed by atoms with E-state index in [4.69, 9.17) is 21.2 Å². The zero-order valence-corrected chi connectivity index (χ0v) is 18.9. The molecule has 1 atom stereocenters. The molecule has 0 aromatic heterocycles. The molecule has 0 fully saturated rings. The van der Waals surface area contributed by atoms with Gasteiger partial charge in [0.25, 0.3) is 0 Å². The Balaban J connectivity index is 1.87. The highest BCUT2D eigenvalue weighted by molar-refractivity contribution is 6.34. The number of nitrogens with one attached hydrogen (secondary N) is 1. The minimum Gasteiger partial charge on any atom is -0.465 e. The summed E-state index contributed by atoms with van der Waals surface area (Å²) in [6.07, 6.45) is -0.477. The number of hydrogen-bond donors (Lipinski definition) is 1. The second kappa shape index (κ2) is 9.26. The van der Waals surface area contributed by atoms with Gasteiger partial charge in [0.2, 0.25) is 12.1 Å². The van der Waals surface area contributed by atoms with Crippen molar-refractivity contribution in [2.24, 2.45) is 5.16 Å². The second-order valence-corrected chi connectivity index (χ2v) is 7.78. The average molecular weight is 445 g/mol. The third-order valence-corrected chi connectivity index (χ3v) is 5.40. The number of hydrogen-bond acceptors (Lipinski definition) is 7. The zero-order chi connectivity index (χ0) is 22.7. The Kier molecular flexibility index (Phi) is 6.70. The van der Waals surface area contributed by atoms with Gasteiger partial charge >= 0.3 is 5.97 Å². The van der Waals surface area contributed by atoms with Gasteiger partial charge in [0.15, 0.2) is 0 Å². The fourth-order valence-corrected chi connectivity index (χ4v) is 3.40. The number of ether oxygens (including phenoxy) is 1. The lowest BCUT2D eigenvalue weighted by molar-refractivity contribution is -0.120. The molecule has 0 bridgehead atoms. The minimum absolute atomic E-state index is 0.0311. The summed E-state index contributed by atoms with van der Waals surface area (Å²) in [6, 6.07) is 10.9. The molecule has 3 rings (SSSR count). The maximum absolute atomic E-state index is 12.6. The molecule has 0 saturated carbocycles. The molecule has 31 heavy (non-hydrogen) atoms. The lowest BCUT2D eigenvalue weighted by Gasteiger charge is -2.19. The number of carbonyl (C=O) groups is 2. The van der Waals surface area contributed by atoms with Gasteiger partial charge in [0.1, 0.15) is 5.84 Å². The van der Waals surface area contributed by atoms with E-state index in [0.717, 1.165) is 11.3 Å². The number of oxime groups is 1. The average Bonchev–Trinajstić information content (AvgIpc) is 3.05. The van der Waals surface area contributed by atoms with E-state index in [1.54, 1.807) is 31.0 Å². The summed E-state index contributed by atoms with van der Waals surface area (Å²) >= 11 is 6.52. The third kappa shape index (κ3) is 4.91. The summed E-state index contributed by atoms with van der Waals surface area (Å²) in [7, 11) is 6.99. The SMILES string of the molecule is COC(=O)c1cc(-c2ccc(N(C)C)cc2)c(Cl)cc1NC(=O)CC1ON=C(C)N1C. The van der Waals surface area contributed by atoms with E-state index >= 15 is 0 Å². The third-order valence-electron chi connectivity index (χ3n) is 5.09. The highest BCUT2D eigenvalue weighted by atomic mass is 35.5. The van der Waals surface area contributed by atoms with Gasteiger partial charge in [-0.25, -0.2) is 4.79 Å². The first-order valence-corrected chi connectivity index (χ1v) is 10.0. The Morgan fingerprint density at radius 3 is 2.48 bits per heavy atom. The summed E-state index contributed by atoms with van der Waals surface area (Å²) in [5, 5.41) is 7.00. The van der Waals surface area contributed by atoms with Gasteiger partial charge in [0, 0.05) is 32.4 Å². The maximum atomic E-state index is 12.6. The highest BCUT2D eigenvalue weighted by Crippen LogP contribution is 2.34. The molecular formula is C22H25ClN4O4. The number of methoxy groups -OCH3 is 1. The van der Waals surface area contributed by atoms with Gasteiger partial charge in [-0.3, -0.25) is 4.79 Å². The number of halogens is 1. The van der Waals surface area contributed by atoms with Gasteiger partial charge in [0.05, 0.1) is 29.8 Å². The van der Waals surface area contributed by atoms with Crippen molar-refractivity contribution in [1.29, 1.82) is 0 Å². The Bertz CT molecular complexity index is 1020. The number of benzene rings is 2. The van der Waals surface area contributed by atoms with Crippen molar-refractivity contribution in [2.75, 3.05) is 38.5 Å². The van der Waals surface area contributed by atoms with Crippen molar-refractivity contribution in [3.63, 3.8) is 0 Å². The number of amidine groups is 1.